The number of halogens is 3. The number of carbonyl (C=O) groups excluding carboxylic acids is 1. The van der Waals surface area contributed by atoms with Crippen LogP contribution in [-0.4, -0.2) is 40.1 Å². The molecule has 0 bridgehead atoms. The molecule has 4 rings (SSSR count). The topological polar surface area (TPSA) is 93.1 Å². The van der Waals surface area contributed by atoms with Crippen molar-refractivity contribution in [3.05, 3.63) is 60.4 Å². The molecule has 8 nitrogen and oxygen atoms in total. The van der Waals surface area contributed by atoms with E-state index in [1.807, 2.05) is 6.07 Å². The van der Waals surface area contributed by atoms with Crippen LogP contribution in [0, 0.1) is 0 Å². The zero-order valence-corrected chi connectivity index (χ0v) is 16.2. The number of hydrogen-bond donors (Lipinski definition) is 3. The lowest BCUT2D eigenvalue weighted by Gasteiger charge is -2.11. The highest BCUT2D eigenvalue weighted by Gasteiger charge is 2.31. The Hall–Kier alpha value is -3.44. The van der Waals surface area contributed by atoms with Gasteiger partial charge in [0.15, 0.2) is 5.65 Å². The van der Waals surface area contributed by atoms with Crippen LogP contribution in [-0.2, 0) is 11.3 Å². The van der Waals surface area contributed by atoms with Crippen LogP contribution in [0.5, 0.6) is 5.75 Å². The van der Waals surface area contributed by atoms with E-state index in [-0.39, 0.29) is 24.1 Å². The second kappa shape index (κ2) is 8.36. The second-order valence-electron chi connectivity index (χ2n) is 6.88. The Bertz CT molecular complexity index is 1100. The molecule has 1 aliphatic heterocycles. The number of alkyl halides is 3. The number of amides is 1. The molecule has 3 N–H and O–H groups in total. The van der Waals surface area contributed by atoms with Crippen molar-refractivity contribution in [2.45, 2.75) is 18.8 Å². The molecule has 0 saturated carbocycles. The minimum absolute atomic E-state index is 0.149. The SMILES string of the molecule is C=CC(=O)NCc1nn(-c2ccc(OC(F)(F)F)cc2)c2nccc(C3CNNC3)c12. The van der Waals surface area contributed by atoms with Gasteiger partial charge >= 0.3 is 6.36 Å². The van der Waals surface area contributed by atoms with E-state index in [1.54, 1.807) is 10.9 Å². The van der Waals surface area contributed by atoms with E-state index in [0.29, 0.717) is 30.1 Å². The zero-order chi connectivity index (χ0) is 22.0. The summed E-state index contributed by atoms with van der Waals surface area (Å²) in [4.78, 5) is 16.1. The molecule has 1 saturated heterocycles. The van der Waals surface area contributed by atoms with E-state index < -0.39 is 6.36 Å². The van der Waals surface area contributed by atoms with Gasteiger partial charge < -0.3 is 10.1 Å². The van der Waals surface area contributed by atoms with Crippen molar-refractivity contribution in [3.8, 4) is 11.4 Å². The summed E-state index contributed by atoms with van der Waals surface area (Å²) in [5, 5.41) is 8.11. The summed E-state index contributed by atoms with van der Waals surface area (Å²) < 4.78 is 42.8. The lowest BCUT2D eigenvalue weighted by molar-refractivity contribution is -0.274. The Morgan fingerprint density at radius 3 is 2.61 bits per heavy atom. The molecule has 0 unspecified atom stereocenters. The van der Waals surface area contributed by atoms with Crippen LogP contribution in [0.1, 0.15) is 17.2 Å². The van der Waals surface area contributed by atoms with Crippen molar-refractivity contribution < 1.29 is 22.7 Å². The largest absolute Gasteiger partial charge is 0.573 e. The Balaban J connectivity index is 1.77. The standard InChI is InChI=1S/C20H19F3N6O2/c1-2-17(30)25-11-16-18-15(12-9-26-27-10-12)7-8-24-19(18)29(28-16)13-3-5-14(6-4-13)31-20(21,22)23/h2-8,12,26-27H,1,9-11H2,(H,25,30). The first kappa shape index (κ1) is 20.8. The molecule has 3 aromatic rings. The van der Waals surface area contributed by atoms with Gasteiger partial charge in [-0.3, -0.25) is 15.6 Å². The van der Waals surface area contributed by atoms with Gasteiger partial charge in [0.1, 0.15) is 5.75 Å². The molecule has 0 atom stereocenters. The number of pyridine rings is 1. The first-order valence-corrected chi connectivity index (χ1v) is 9.44. The molecule has 3 heterocycles. The van der Waals surface area contributed by atoms with Crippen LogP contribution in [0.4, 0.5) is 13.2 Å². The molecular weight excluding hydrogens is 413 g/mol. The van der Waals surface area contributed by atoms with E-state index in [4.69, 9.17) is 0 Å². The molecule has 0 radical (unpaired) electrons. The number of benzene rings is 1. The maximum atomic E-state index is 12.4. The van der Waals surface area contributed by atoms with Crippen LogP contribution in [0.3, 0.4) is 0 Å². The van der Waals surface area contributed by atoms with Gasteiger partial charge in [-0.25, -0.2) is 9.67 Å². The summed E-state index contributed by atoms with van der Waals surface area (Å²) in [5.41, 5.74) is 8.83. The zero-order valence-electron chi connectivity index (χ0n) is 16.2. The van der Waals surface area contributed by atoms with Crippen molar-refractivity contribution in [2.75, 3.05) is 13.1 Å². The van der Waals surface area contributed by atoms with Gasteiger partial charge in [0.2, 0.25) is 5.91 Å². The Morgan fingerprint density at radius 2 is 1.97 bits per heavy atom. The fourth-order valence-electron chi connectivity index (χ4n) is 3.50. The second-order valence-corrected chi connectivity index (χ2v) is 6.88. The van der Waals surface area contributed by atoms with Gasteiger partial charge in [0.25, 0.3) is 0 Å². The third-order valence-corrected chi connectivity index (χ3v) is 4.87. The molecule has 31 heavy (non-hydrogen) atoms. The number of nitrogens with zero attached hydrogens (tertiary/aromatic N) is 3. The van der Waals surface area contributed by atoms with Crippen LogP contribution in [0.25, 0.3) is 16.7 Å². The highest BCUT2D eigenvalue weighted by molar-refractivity contribution is 5.88. The smallest absolute Gasteiger partial charge is 0.406 e. The van der Waals surface area contributed by atoms with Crippen molar-refractivity contribution in [3.63, 3.8) is 0 Å². The van der Waals surface area contributed by atoms with Crippen LogP contribution >= 0.6 is 0 Å². The molecule has 162 valence electrons. The number of hydrogen-bond acceptors (Lipinski definition) is 6. The predicted molar refractivity (Wildman–Crippen MR) is 106 cm³/mol. The summed E-state index contributed by atoms with van der Waals surface area (Å²) in [6.07, 6.45) is -1.93. The third kappa shape index (κ3) is 4.52. The average Bonchev–Trinajstić information content (AvgIpc) is 3.40. The summed E-state index contributed by atoms with van der Waals surface area (Å²) in [6, 6.07) is 7.26. The van der Waals surface area contributed by atoms with Crippen molar-refractivity contribution in [1.82, 2.24) is 30.9 Å². The number of aromatic nitrogens is 3. The number of ether oxygens (including phenoxy) is 1. The molecule has 1 fully saturated rings. The molecular formula is C20H19F3N6O2. The van der Waals surface area contributed by atoms with Gasteiger partial charge in [-0.1, -0.05) is 6.58 Å². The molecule has 1 aromatic carbocycles. The number of fused-ring (bicyclic) bond motifs is 1. The normalized spacial score (nSPS) is 14.7. The maximum Gasteiger partial charge on any atom is 0.573 e. The Morgan fingerprint density at radius 1 is 1.26 bits per heavy atom. The van der Waals surface area contributed by atoms with Crippen LogP contribution in [0.2, 0.25) is 0 Å². The monoisotopic (exact) mass is 432 g/mol. The van der Waals surface area contributed by atoms with E-state index in [2.05, 4.69) is 37.6 Å². The highest BCUT2D eigenvalue weighted by atomic mass is 19.4. The van der Waals surface area contributed by atoms with E-state index in [0.717, 1.165) is 10.9 Å². The minimum Gasteiger partial charge on any atom is -0.406 e. The summed E-state index contributed by atoms with van der Waals surface area (Å²) >= 11 is 0. The fourth-order valence-corrected chi connectivity index (χ4v) is 3.50. The van der Waals surface area contributed by atoms with Gasteiger partial charge in [0, 0.05) is 30.6 Å². The number of rotatable bonds is 6. The lowest BCUT2D eigenvalue weighted by Crippen LogP contribution is -2.21. The van der Waals surface area contributed by atoms with Crippen LogP contribution in [0.15, 0.2) is 49.2 Å². The first-order valence-electron chi connectivity index (χ1n) is 9.44. The quantitative estimate of drug-likeness (QED) is 0.518. The fraction of sp³-hybridized carbons (Fsp3) is 0.250. The van der Waals surface area contributed by atoms with E-state index in [9.17, 15) is 18.0 Å². The van der Waals surface area contributed by atoms with Gasteiger partial charge in [-0.05, 0) is 42.0 Å². The molecule has 2 aromatic heterocycles. The van der Waals surface area contributed by atoms with Gasteiger partial charge in [0.05, 0.1) is 17.9 Å². The summed E-state index contributed by atoms with van der Waals surface area (Å²) in [6.45, 7) is 5.02. The predicted octanol–water partition coefficient (Wildman–Crippen LogP) is 2.31. The molecule has 11 heteroatoms. The summed E-state index contributed by atoms with van der Waals surface area (Å²) in [5.74, 6) is -0.506. The highest BCUT2D eigenvalue weighted by Crippen LogP contribution is 2.30. The average molecular weight is 432 g/mol. The number of carbonyl (C=O) groups is 1. The van der Waals surface area contributed by atoms with Crippen molar-refractivity contribution in [2.24, 2.45) is 0 Å². The Kier molecular flexibility index (Phi) is 5.61. The number of nitrogens with one attached hydrogen (secondary N) is 3. The summed E-state index contributed by atoms with van der Waals surface area (Å²) in [7, 11) is 0. The molecule has 1 aliphatic rings. The lowest BCUT2D eigenvalue weighted by atomic mass is 9.97. The van der Waals surface area contributed by atoms with Crippen LogP contribution < -0.4 is 20.9 Å². The minimum atomic E-state index is -4.77. The van der Waals surface area contributed by atoms with Crippen molar-refractivity contribution in [1.29, 1.82) is 0 Å². The number of hydrazine groups is 1. The van der Waals surface area contributed by atoms with Crippen molar-refractivity contribution >= 4 is 16.9 Å². The maximum absolute atomic E-state index is 12.4. The van der Waals surface area contributed by atoms with E-state index in [1.165, 1.54) is 30.3 Å². The molecule has 1 amide bonds. The van der Waals surface area contributed by atoms with Gasteiger partial charge in [-0.2, -0.15) is 5.10 Å². The molecule has 0 spiro atoms. The molecule has 0 aliphatic carbocycles. The first-order chi connectivity index (χ1) is 14.9. The van der Waals surface area contributed by atoms with Gasteiger partial charge in [-0.15, -0.1) is 13.2 Å². The van der Waals surface area contributed by atoms with E-state index >= 15 is 0 Å². The third-order valence-electron chi connectivity index (χ3n) is 4.87. The Labute approximate surface area is 175 Å².